The van der Waals surface area contributed by atoms with Crippen molar-refractivity contribution in [1.82, 2.24) is 4.98 Å². The van der Waals surface area contributed by atoms with E-state index < -0.39 is 6.36 Å². The van der Waals surface area contributed by atoms with Crippen molar-refractivity contribution in [2.24, 2.45) is 0 Å². The van der Waals surface area contributed by atoms with Crippen LogP contribution in [0.3, 0.4) is 0 Å². The molecule has 0 amide bonds. The number of aromatic nitrogens is 1. The third-order valence-electron chi connectivity index (χ3n) is 3.97. The second-order valence-corrected chi connectivity index (χ2v) is 6.06. The van der Waals surface area contributed by atoms with E-state index >= 15 is 0 Å². The van der Waals surface area contributed by atoms with Crippen LogP contribution in [0.5, 0.6) is 5.75 Å². The molecular formula is C19H11ClF3NO. The Morgan fingerprint density at radius 2 is 1.72 bits per heavy atom. The number of H-pyrrole nitrogens is 1. The molecule has 4 aromatic rings. The standard InChI is InChI=1S/C19H11ClF3NO/c20-16-3-1-2-11-4-5-12(9-15(11)16)18-10-13-8-14(25-19(21,22)23)6-7-17(13)24-18/h1-10,24H. The average Bonchev–Trinajstić information content (AvgIpc) is 2.97. The first-order valence-corrected chi connectivity index (χ1v) is 7.84. The predicted molar refractivity (Wildman–Crippen MR) is 92.9 cm³/mol. The maximum Gasteiger partial charge on any atom is 0.573 e. The molecule has 0 aliphatic rings. The lowest BCUT2D eigenvalue weighted by molar-refractivity contribution is -0.274. The summed E-state index contributed by atoms with van der Waals surface area (Å²) in [5.74, 6) is -0.243. The van der Waals surface area contributed by atoms with Crippen molar-refractivity contribution in [1.29, 1.82) is 0 Å². The summed E-state index contributed by atoms with van der Waals surface area (Å²) in [7, 11) is 0. The van der Waals surface area contributed by atoms with Gasteiger partial charge in [0.1, 0.15) is 5.75 Å². The number of aromatic amines is 1. The lowest BCUT2D eigenvalue weighted by atomic mass is 10.1. The van der Waals surface area contributed by atoms with Crippen LogP contribution in [-0.2, 0) is 0 Å². The van der Waals surface area contributed by atoms with E-state index in [4.69, 9.17) is 11.6 Å². The fraction of sp³-hybridized carbons (Fsp3) is 0.0526. The molecule has 0 saturated carbocycles. The first-order valence-electron chi connectivity index (χ1n) is 7.46. The molecule has 0 fully saturated rings. The van der Waals surface area contributed by atoms with E-state index in [2.05, 4.69) is 9.72 Å². The van der Waals surface area contributed by atoms with Crippen LogP contribution in [0.2, 0.25) is 5.02 Å². The summed E-state index contributed by atoms with van der Waals surface area (Å²) in [5, 5.41) is 3.22. The zero-order valence-corrected chi connectivity index (χ0v) is 13.4. The number of rotatable bonds is 2. The quantitative estimate of drug-likeness (QED) is 0.431. The molecule has 25 heavy (non-hydrogen) atoms. The van der Waals surface area contributed by atoms with Crippen molar-refractivity contribution in [2.75, 3.05) is 0 Å². The molecule has 1 N–H and O–H groups in total. The lowest BCUT2D eigenvalue weighted by Crippen LogP contribution is -2.16. The Balaban J connectivity index is 1.78. The van der Waals surface area contributed by atoms with E-state index in [1.165, 1.54) is 12.1 Å². The molecule has 126 valence electrons. The van der Waals surface area contributed by atoms with Crippen LogP contribution in [0.1, 0.15) is 0 Å². The van der Waals surface area contributed by atoms with Gasteiger partial charge < -0.3 is 9.72 Å². The van der Waals surface area contributed by atoms with Crippen LogP contribution in [0.15, 0.2) is 60.7 Å². The molecule has 0 radical (unpaired) electrons. The number of hydrogen-bond donors (Lipinski definition) is 1. The Labute approximate surface area is 145 Å². The molecule has 0 unspecified atom stereocenters. The summed E-state index contributed by atoms with van der Waals surface area (Å²) in [6, 6.07) is 17.5. The van der Waals surface area contributed by atoms with Crippen molar-refractivity contribution in [2.45, 2.75) is 6.36 Å². The minimum atomic E-state index is -4.71. The molecule has 4 rings (SSSR count). The second-order valence-electron chi connectivity index (χ2n) is 5.66. The monoisotopic (exact) mass is 361 g/mol. The van der Waals surface area contributed by atoms with Gasteiger partial charge in [0.2, 0.25) is 0 Å². The second kappa shape index (κ2) is 5.70. The minimum Gasteiger partial charge on any atom is -0.406 e. The Morgan fingerprint density at radius 3 is 2.52 bits per heavy atom. The van der Waals surface area contributed by atoms with E-state index in [-0.39, 0.29) is 5.75 Å². The van der Waals surface area contributed by atoms with Gasteiger partial charge in [0.25, 0.3) is 0 Å². The third kappa shape index (κ3) is 3.15. The summed E-state index contributed by atoms with van der Waals surface area (Å²) in [6.07, 6.45) is -4.71. The van der Waals surface area contributed by atoms with E-state index in [9.17, 15) is 13.2 Å². The van der Waals surface area contributed by atoms with Gasteiger partial charge in [0.15, 0.2) is 0 Å². The number of hydrogen-bond acceptors (Lipinski definition) is 1. The molecule has 0 aliphatic carbocycles. The van der Waals surface area contributed by atoms with Gasteiger partial charge >= 0.3 is 6.36 Å². The maximum atomic E-state index is 12.4. The summed E-state index contributed by atoms with van der Waals surface area (Å²) >= 11 is 6.24. The number of fused-ring (bicyclic) bond motifs is 2. The van der Waals surface area contributed by atoms with Crippen LogP contribution < -0.4 is 4.74 Å². The predicted octanol–water partition coefficient (Wildman–Crippen LogP) is 6.54. The first-order chi connectivity index (χ1) is 11.9. The summed E-state index contributed by atoms with van der Waals surface area (Å²) in [6.45, 7) is 0. The summed E-state index contributed by atoms with van der Waals surface area (Å²) in [4.78, 5) is 3.21. The van der Waals surface area contributed by atoms with Crippen molar-refractivity contribution < 1.29 is 17.9 Å². The molecule has 1 heterocycles. The van der Waals surface area contributed by atoms with Crippen molar-refractivity contribution in [3.63, 3.8) is 0 Å². The number of nitrogens with one attached hydrogen (secondary N) is 1. The molecule has 0 saturated heterocycles. The molecule has 2 nitrogen and oxygen atoms in total. The third-order valence-corrected chi connectivity index (χ3v) is 4.30. The Kier molecular flexibility index (Phi) is 3.62. The molecule has 6 heteroatoms. The van der Waals surface area contributed by atoms with Gasteiger partial charge in [0.05, 0.1) is 0 Å². The van der Waals surface area contributed by atoms with Gasteiger partial charge in [-0.05, 0) is 47.3 Å². The molecular weight excluding hydrogens is 351 g/mol. The van der Waals surface area contributed by atoms with Crippen LogP contribution >= 0.6 is 11.6 Å². The highest BCUT2D eigenvalue weighted by Crippen LogP contribution is 2.32. The maximum absolute atomic E-state index is 12.4. The highest BCUT2D eigenvalue weighted by molar-refractivity contribution is 6.35. The van der Waals surface area contributed by atoms with Gasteiger partial charge in [-0.3, -0.25) is 0 Å². The average molecular weight is 362 g/mol. The van der Waals surface area contributed by atoms with Crippen LogP contribution in [0, 0.1) is 0 Å². The number of ether oxygens (including phenoxy) is 1. The van der Waals surface area contributed by atoms with Gasteiger partial charge in [-0.15, -0.1) is 13.2 Å². The van der Waals surface area contributed by atoms with Gasteiger partial charge in [-0.25, -0.2) is 0 Å². The molecule has 3 aromatic carbocycles. The molecule has 0 atom stereocenters. The van der Waals surface area contributed by atoms with E-state index in [0.29, 0.717) is 10.4 Å². The fourth-order valence-electron chi connectivity index (χ4n) is 2.87. The van der Waals surface area contributed by atoms with Gasteiger partial charge in [0, 0.05) is 27.0 Å². The fourth-order valence-corrected chi connectivity index (χ4v) is 3.10. The van der Waals surface area contributed by atoms with Crippen molar-refractivity contribution >= 4 is 33.3 Å². The lowest BCUT2D eigenvalue weighted by Gasteiger charge is -2.08. The molecule has 0 bridgehead atoms. The Hall–Kier alpha value is -2.66. The van der Waals surface area contributed by atoms with Gasteiger partial charge in [-0.2, -0.15) is 0 Å². The first kappa shape index (κ1) is 15.8. The molecule has 0 spiro atoms. The Morgan fingerprint density at radius 1 is 0.880 bits per heavy atom. The number of alkyl halides is 3. The zero-order chi connectivity index (χ0) is 17.6. The van der Waals surface area contributed by atoms with Gasteiger partial charge in [-0.1, -0.05) is 35.9 Å². The van der Waals surface area contributed by atoms with E-state index in [1.54, 1.807) is 12.1 Å². The summed E-state index contributed by atoms with van der Waals surface area (Å²) in [5.41, 5.74) is 2.42. The van der Waals surface area contributed by atoms with Crippen LogP contribution in [0.25, 0.3) is 32.9 Å². The number of halogens is 4. The van der Waals surface area contributed by atoms with E-state index in [0.717, 1.165) is 27.5 Å². The van der Waals surface area contributed by atoms with Crippen molar-refractivity contribution in [3.05, 3.63) is 65.7 Å². The van der Waals surface area contributed by atoms with Crippen LogP contribution in [0.4, 0.5) is 13.2 Å². The highest BCUT2D eigenvalue weighted by atomic mass is 35.5. The Bertz CT molecular complexity index is 1090. The smallest absolute Gasteiger partial charge is 0.406 e. The highest BCUT2D eigenvalue weighted by Gasteiger charge is 2.31. The zero-order valence-electron chi connectivity index (χ0n) is 12.7. The molecule has 0 aliphatic heterocycles. The largest absolute Gasteiger partial charge is 0.573 e. The van der Waals surface area contributed by atoms with E-state index in [1.807, 2.05) is 36.4 Å². The summed E-state index contributed by atoms with van der Waals surface area (Å²) < 4.78 is 41.0. The van der Waals surface area contributed by atoms with Crippen molar-refractivity contribution in [3.8, 4) is 17.0 Å². The topological polar surface area (TPSA) is 25.0 Å². The molecule has 1 aromatic heterocycles. The normalized spacial score (nSPS) is 12.0. The SMILES string of the molecule is FC(F)(F)Oc1ccc2[nH]c(-c3ccc4cccc(Cl)c4c3)cc2c1. The number of benzene rings is 3. The van der Waals surface area contributed by atoms with Crippen LogP contribution in [-0.4, -0.2) is 11.3 Å². The minimum absolute atomic E-state index is 0.243.